The van der Waals surface area contributed by atoms with E-state index in [1.165, 1.54) is 37.2 Å². The van der Waals surface area contributed by atoms with Gasteiger partial charge in [-0.05, 0) is 24.8 Å². The number of benzene rings is 1. The van der Waals surface area contributed by atoms with Gasteiger partial charge in [-0.2, -0.15) is 0 Å². The van der Waals surface area contributed by atoms with Crippen molar-refractivity contribution in [2.24, 2.45) is 0 Å². The smallest absolute Gasteiger partial charge is 0.0399 e. The second-order valence-electron chi connectivity index (χ2n) is 4.06. The van der Waals surface area contributed by atoms with Gasteiger partial charge in [0.2, 0.25) is 0 Å². The first-order valence-electron chi connectivity index (χ1n) is 5.92. The van der Waals surface area contributed by atoms with Crippen LogP contribution in [-0.4, -0.2) is 18.0 Å². The van der Waals surface area contributed by atoms with Gasteiger partial charge in [-0.25, -0.2) is 0 Å². The molecular formula is C14H19N. The van der Waals surface area contributed by atoms with Gasteiger partial charge in [0.05, 0.1) is 0 Å². The van der Waals surface area contributed by atoms with Crippen LogP contribution in [0.15, 0.2) is 36.4 Å². The highest BCUT2D eigenvalue weighted by atomic mass is 15.1. The number of hydrogen-bond acceptors (Lipinski definition) is 1. The van der Waals surface area contributed by atoms with Crippen molar-refractivity contribution >= 4 is 5.70 Å². The van der Waals surface area contributed by atoms with Crippen molar-refractivity contribution in [2.75, 3.05) is 13.1 Å². The minimum atomic E-state index is 1.11. The van der Waals surface area contributed by atoms with Gasteiger partial charge in [-0.15, -0.1) is 0 Å². The van der Waals surface area contributed by atoms with Gasteiger partial charge in [-0.1, -0.05) is 43.3 Å². The molecule has 0 N–H and O–H groups in total. The highest BCUT2D eigenvalue weighted by molar-refractivity contribution is 5.64. The maximum absolute atomic E-state index is 2.51. The monoisotopic (exact) mass is 201 g/mol. The Balaban J connectivity index is 2.23. The van der Waals surface area contributed by atoms with Gasteiger partial charge in [0.1, 0.15) is 0 Å². The molecule has 0 atom stereocenters. The largest absolute Gasteiger partial charge is 0.371 e. The first-order valence-corrected chi connectivity index (χ1v) is 5.92. The van der Waals surface area contributed by atoms with E-state index in [9.17, 15) is 0 Å². The molecule has 1 aliphatic rings. The highest BCUT2D eigenvalue weighted by Gasteiger charge is 2.15. The molecule has 0 bridgehead atoms. The number of allylic oxidation sites excluding steroid dienone is 1. The maximum Gasteiger partial charge on any atom is 0.0399 e. The van der Waals surface area contributed by atoms with E-state index >= 15 is 0 Å². The molecule has 1 aromatic carbocycles. The Bertz CT molecular complexity index is 320. The number of hydrogen-bond donors (Lipinski definition) is 0. The summed E-state index contributed by atoms with van der Waals surface area (Å²) in [6.45, 7) is 4.65. The number of nitrogens with zero attached hydrogens (tertiary/aromatic N) is 1. The lowest BCUT2D eigenvalue weighted by molar-refractivity contribution is 0.492. The maximum atomic E-state index is 2.51. The van der Waals surface area contributed by atoms with E-state index in [4.69, 9.17) is 0 Å². The van der Waals surface area contributed by atoms with Crippen molar-refractivity contribution < 1.29 is 0 Å². The second kappa shape index (κ2) is 5.01. The zero-order valence-corrected chi connectivity index (χ0v) is 9.45. The summed E-state index contributed by atoms with van der Waals surface area (Å²) in [5.74, 6) is 0. The SMILES string of the molecule is CC/C=C(/c1ccccc1)N1CCCC1. The Morgan fingerprint density at radius 3 is 2.47 bits per heavy atom. The fraction of sp³-hybridized carbons (Fsp3) is 0.429. The molecule has 0 amide bonds. The molecule has 1 saturated heterocycles. The van der Waals surface area contributed by atoms with Gasteiger partial charge in [0.25, 0.3) is 0 Å². The minimum absolute atomic E-state index is 1.11. The summed E-state index contributed by atoms with van der Waals surface area (Å²) in [6.07, 6.45) is 6.14. The van der Waals surface area contributed by atoms with E-state index in [2.05, 4.69) is 48.2 Å². The lowest BCUT2D eigenvalue weighted by atomic mass is 10.1. The lowest BCUT2D eigenvalue weighted by Gasteiger charge is -2.22. The summed E-state index contributed by atoms with van der Waals surface area (Å²) in [6, 6.07) is 10.7. The molecule has 15 heavy (non-hydrogen) atoms. The summed E-state index contributed by atoms with van der Waals surface area (Å²) in [4.78, 5) is 2.51. The first-order chi connectivity index (χ1) is 7.42. The lowest BCUT2D eigenvalue weighted by Crippen LogP contribution is -2.17. The topological polar surface area (TPSA) is 3.24 Å². The molecule has 0 radical (unpaired) electrons. The first kappa shape index (κ1) is 10.3. The molecule has 0 spiro atoms. The Morgan fingerprint density at radius 2 is 1.87 bits per heavy atom. The summed E-state index contributed by atoms with van der Waals surface area (Å²) in [5.41, 5.74) is 2.79. The minimum Gasteiger partial charge on any atom is -0.371 e. The molecule has 1 heterocycles. The van der Waals surface area contributed by atoms with Crippen LogP contribution in [0.4, 0.5) is 0 Å². The molecule has 0 aliphatic carbocycles. The summed E-state index contributed by atoms with van der Waals surface area (Å²) >= 11 is 0. The Kier molecular flexibility index (Phi) is 3.44. The molecule has 1 fully saturated rings. The third kappa shape index (κ3) is 2.41. The fourth-order valence-corrected chi connectivity index (χ4v) is 2.19. The third-order valence-electron chi connectivity index (χ3n) is 2.91. The number of rotatable bonds is 3. The van der Waals surface area contributed by atoms with Crippen LogP contribution < -0.4 is 0 Å². The third-order valence-corrected chi connectivity index (χ3v) is 2.91. The zero-order chi connectivity index (χ0) is 10.5. The van der Waals surface area contributed by atoms with Crippen LogP contribution in [-0.2, 0) is 0 Å². The predicted molar refractivity (Wildman–Crippen MR) is 65.5 cm³/mol. The van der Waals surface area contributed by atoms with E-state index in [0.717, 1.165) is 6.42 Å². The molecule has 1 aromatic rings. The van der Waals surface area contributed by atoms with Gasteiger partial charge in [0.15, 0.2) is 0 Å². The molecule has 0 aromatic heterocycles. The molecule has 1 nitrogen and oxygen atoms in total. The molecule has 1 aliphatic heterocycles. The van der Waals surface area contributed by atoms with Gasteiger partial charge in [0, 0.05) is 18.8 Å². The normalized spacial score (nSPS) is 17.1. The molecule has 0 saturated carbocycles. The average molecular weight is 201 g/mol. The van der Waals surface area contributed by atoms with Crippen molar-refractivity contribution in [3.63, 3.8) is 0 Å². The van der Waals surface area contributed by atoms with E-state index < -0.39 is 0 Å². The standard InChI is InChI=1S/C14H19N/c1-2-8-14(15-11-6-7-12-15)13-9-4-3-5-10-13/h3-5,8-10H,2,6-7,11-12H2,1H3/b14-8-. The molecule has 1 heteroatoms. The summed E-state index contributed by atoms with van der Waals surface area (Å²) in [5, 5.41) is 0. The molecular weight excluding hydrogens is 182 g/mol. The Labute approximate surface area is 92.4 Å². The quantitative estimate of drug-likeness (QED) is 0.723. The molecule has 2 rings (SSSR count). The fourth-order valence-electron chi connectivity index (χ4n) is 2.19. The van der Waals surface area contributed by atoms with Crippen molar-refractivity contribution in [1.82, 2.24) is 4.90 Å². The van der Waals surface area contributed by atoms with Gasteiger partial charge >= 0.3 is 0 Å². The van der Waals surface area contributed by atoms with Crippen molar-refractivity contribution in [1.29, 1.82) is 0 Å². The predicted octanol–water partition coefficient (Wildman–Crippen LogP) is 3.53. The van der Waals surface area contributed by atoms with E-state index in [1.807, 2.05) is 0 Å². The van der Waals surface area contributed by atoms with E-state index in [-0.39, 0.29) is 0 Å². The van der Waals surface area contributed by atoms with Crippen LogP contribution in [0.2, 0.25) is 0 Å². The van der Waals surface area contributed by atoms with E-state index in [1.54, 1.807) is 0 Å². The Morgan fingerprint density at radius 1 is 1.20 bits per heavy atom. The van der Waals surface area contributed by atoms with Crippen molar-refractivity contribution in [3.05, 3.63) is 42.0 Å². The van der Waals surface area contributed by atoms with Crippen LogP contribution >= 0.6 is 0 Å². The van der Waals surface area contributed by atoms with Crippen molar-refractivity contribution in [2.45, 2.75) is 26.2 Å². The van der Waals surface area contributed by atoms with Crippen LogP contribution in [0.1, 0.15) is 31.7 Å². The average Bonchev–Trinajstić information content (AvgIpc) is 2.80. The zero-order valence-electron chi connectivity index (χ0n) is 9.45. The molecule has 0 unspecified atom stereocenters. The highest BCUT2D eigenvalue weighted by Crippen LogP contribution is 2.24. The van der Waals surface area contributed by atoms with Crippen LogP contribution in [0.25, 0.3) is 5.70 Å². The summed E-state index contributed by atoms with van der Waals surface area (Å²) < 4.78 is 0. The summed E-state index contributed by atoms with van der Waals surface area (Å²) in [7, 11) is 0. The van der Waals surface area contributed by atoms with Crippen molar-refractivity contribution in [3.8, 4) is 0 Å². The van der Waals surface area contributed by atoms with Gasteiger partial charge in [-0.3, -0.25) is 0 Å². The van der Waals surface area contributed by atoms with Crippen LogP contribution in [0.3, 0.4) is 0 Å². The van der Waals surface area contributed by atoms with Crippen LogP contribution in [0, 0.1) is 0 Å². The van der Waals surface area contributed by atoms with Gasteiger partial charge < -0.3 is 4.90 Å². The van der Waals surface area contributed by atoms with Crippen LogP contribution in [0.5, 0.6) is 0 Å². The molecule has 80 valence electrons. The van der Waals surface area contributed by atoms with E-state index in [0.29, 0.717) is 0 Å². The second-order valence-corrected chi connectivity index (χ2v) is 4.06. The number of likely N-dealkylation sites (tertiary alicyclic amines) is 1. The Hall–Kier alpha value is -1.24.